The van der Waals surface area contributed by atoms with Gasteiger partial charge in [-0.2, -0.15) is 0 Å². The summed E-state index contributed by atoms with van der Waals surface area (Å²) in [6.45, 7) is 18.7. The molecule has 0 heterocycles. The zero-order valence-electron chi connectivity index (χ0n) is 9.99. The first kappa shape index (κ1) is 13.4. The number of hydrogen-bond acceptors (Lipinski definition) is 0. The highest BCUT2D eigenvalue weighted by molar-refractivity contribution is 7.48. The van der Waals surface area contributed by atoms with Gasteiger partial charge >= 0.3 is 0 Å². The van der Waals surface area contributed by atoms with Gasteiger partial charge in [-0.1, -0.05) is 39.0 Å². The average molecular weight is 208 g/mol. The second kappa shape index (κ2) is 5.98. The zero-order chi connectivity index (χ0) is 11.3. The fraction of sp³-hybridized carbons (Fsp3) is 0.385. The summed E-state index contributed by atoms with van der Waals surface area (Å²) in [6, 6.07) is 0. The Morgan fingerprint density at radius 2 is 1.50 bits per heavy atom. The summed E-state index contributed by atoms with van der Waals surface area (Å²) in [5, 5.41) is 2.36. The molecule has 0 aromatic heterocycles. The Balaban J connectivity index is 4.44. The van der Waals surface area contributed by atoms with Crippen LogP contribution in [-0.2, 0) is 0 Å². The van der Waals surface area contributed by atoms with Crippen LogP contribution in [0.3, 0.4) is 0 Å². The van der Waals surface area contributed by atoms with Crippen molar-refractivity contribution in [3.05, 3.63) is 46.6 Å². The van der Waals surface area contributed by atoms with Crippen molar-refractivity contribution in [3.63, 3.8) is 0 Å². The molecule has 0 radical (unpaired) electrons. The number of hydrogen-bond donors (Lipinski definition) is 0. The van der Waals surface area contributed by atoms with Gasteiger partial charge in [0, 0.05) is 0 Å². The fourth-order valence-corrected chi connectivity index (χ4v) is 2.16. The maximum absolute atomic E-state index is 4.09. The Bertz CT molecular complexity index is 295. The predicted octanol–water partition coefficient (Wildman–Crippen LogP) is 5.01. The molecule has 0 fully saturated rings. The molecule has 0 aliphatic rings. The fourth-order valence-electron chi connectivity index (χ4n) is 0.974. The van der Waals surface area contributed by atoms with E-state index >= 15 is 0 Å². The molecular formula is C13H21P. The molecule has 0 aromatic rings. The molecule has 78 valence electrons. The summed E-state index contributed by atoms with van der Waals surface area (Å²) in [4.78, 5) is 0. The molecule has 0 rings (SSSR count). The van der Waals surface area contributed by atoms with Gasteiger partial charge in [-0.25, -0.2) is 0 Å². The van der Waals surface area contributed by atoms with Crippen molar-refractivity contribution in [2.24, 2.45) is 0 Å². The van der Waals surface area contributed by atoms with E-state index in [9.17, 15) is 0 Å². The van der Waals surface area contributed by atoms with Crippen LogP contribution in [0.4, 0.5) is 0 Å². The Kier molecular flexibility index (Phi) is 5.72. The third-order valence-corrected chi connectivity index (χ3v) is 3.12. The van der Waals surface area contributed by atoms with Gasteiger partial charge in [0.2, 0.25) is 0 Å². The molecular weight excluding hydrogens is 187 g/mol. The lowest BCUT2D eigenvalue weighted by Crippen LogP contribution is -1.80. The Morgan fingerprint density at radius 3 is 1.86 bits per heavy atom. The van der Waals surface area contributed by atoms with Crippen LogP contribution < -0.4 is 0 Å². The van der Waals surface area contributed by atoms with Gasteiger partial charge in [0.1, 0.15) is 0 Å². The highest BCUT2D eigenvalue weighted by Gasteiger charge is 2.00. The van der Waals surface area contributed by atoms with E-state index < -0.39 is 0 Å². The minimum absolute atomic E-state index is 0.623. The van der Waals surface area contributed by atoms with E-state index in [2.05, 4.69) is 53.9 Å². The molecule has 1 heteroatoms. The first-order valence-electron chi connectivity index (χ1n) is 4.78. The lowest BCUT2D eigenvalue weighted by Gasteiger charge is -2.08. The summed E-state index contributed by atoms with van der Waals surface area (Å²) in [5.41, 5.74) is 3.95. The minimum Gasteiger partial charge on any atom is -0.0912 e. The van der Waals surface area contributed by atoms with Crippen LogP contribution in [0.25, 0.3) is 0 Å². The van der Waals surface area contributed by atoms with Crippen molar-refractivity contribution < 1.29 is 0 Å². The smallest absolute Gasteiger partial charge is 0.0270 e. The lowest BCUT2D eigenvalue weighted by atomic mass is 10.2. The molecule has 1 unspecified atom stereocenters. The van der Waals surface area contributed by atoms with Gasteiger partial charge in [0.15, 0.2) is 0 Å². The van der Waals surface area contributed by atoms with Gasteiger partial charge < -0.3 is 0 Å². The van der Waals surface area contributed by atoms with Gasteiger partial charge in [-0.3, -0.25) is 0 Å². The van der Waals surface area contributed by atoms with Gasteiger partial charge in [0.05, 0.1) is 0 Å². The van der Waals surface area contributed by atoms with E-state index in [0.29, 0.717) is 8.58 Å². The summed E-state index contributed by atoms with van der Waals surface area (Å²) in [6.07, 6.45) is 2.13. The van der Waals surface area contributed by atoms with Crippen LogP contribution in [0.5, 0.6) is 0 Å². The monoisotopic (exact) mass is 208 g/mol. The van der Waals surface area contributed by atoms with Crippen molar-refractivity contribution in [1.29, 1.82) is 0 Å². The molecule has 0 nitrogen and oxygen atoms in total. The van der Waals surface area contributed by atoms with E-state index in [4.69, 9.17) is 0 Å². The van der Waals surface area contributed by atoms with Crippen LogP contribution >= 0.6 is 8.58 Å². The summed E-state index contributed by atoms with van der Waals surface area (Å²) in [5.74, 6) is 0. The minimum atomic E-state index is 0.623. The molecule has 0 N–H and O–H groups in total. The lowest BCUT2D eigenvalue weighted by molar-refractivity contribution is 1.29. The Hall–Kier alpha value is -0.610. The molecule has 0 aromatic carbocycles. The topological polar surface area (TPSA) is 0 Å². The first-order chi connectivity index (χ1) is 6.34. The Morgan fingerprint density at radius 1 is 1.00 bits per heavy atom. The zero-order valence-corrected chi connectivity index (χ0v) is 11.0. The molecule has 0 spiro atoms. The molecule has 14 heavy (non-hydrogen) atoms. The van der Waals surface area contributed by atoms with E-state index in [1.54, 1.807) is 0 Å². The molecule has 1 atom stereocenters. The van der Waals surface area contributed by atoms with Crippen LogP contribution in [0.2, 0.25) is 0 Å². The molecule has 0 amide bonds. The van der Waals surface area contributed by atoms with Gasteiger partial charge in [0.25, 0.3) is 0 Å². The molecule has 0 saturated heterocycles. The van der Waals surface area contributed by atoms with Crippen molar-refractivity contribution in [3.8, 4) is 0 Å². The van der Waals surface area contributed by atoms with Gasteiger partial charge in [-0.15, -0.1) is 0 Å². The average Bonchev–Trinajstić information content (AvgIpc) is 2.00. The van der Waals surface area contributed by atoms with Crippen LogP contribution in [0, 0.1) is 0 Å². The molecule has 0 bridgehead atoms. The van der Waals surface area contributed by atoms with Crippen molar-refractivity contribution in [2.45, 2.75) is 34.6 Å². The van der Waals surface area contributed by atoms with E-state index in [-0.39, 0.29) is 0 Å². The standard InChI is InChI=1S/C13H21P/c1-9(2)8-11(5)14-13(7)12(6)10(3)4/h8,14H,5,7H2,1-4,6H3. The maximum atomic E-state index is 4.09. The molecule has 0 aliphatic heterocycles. The first-order valence-corrected chi connectivity index (χ1v) is 5.78. The third kappa shape index (κ3) is 5.19. The van der Waals surface area contributed by atoms with Crippen LogP contribution in [0.1, 0.15) is 34.6 Å². The predicted molar refractivity (Wildman–Crippen MR) is 70.1 cm³/mol. The number of allylic oxidation sites excluding steroid dienone is 6. The summed E-state index contributed by atoms with van der Waals surface area (Å²) >= 11 is 0. The van der Waals surface area contributed by atoms with Gasteiger partial charge in [-0.05, 0) is 50.8 Å². The maximum Gasteiger partial charge on any atom is -0.0270 e. The highest BCUT2D eigenvalue weighted by Crippen LogP contribution is 2.37. The van der Waals surface area contributed by atoms with Crippen molar-refractivity contribution in [2.75, 3.05) is 0 Å². The SMILES string of the molecule is C=C(C=C(C)C)PC(=C)C(C)=C(C)C. The molecule has 0 aliphatic carbocycles. The largest absolute Gasteiger partial charge is 0.0912 e. The van der Waals surface area contributed by atoms with E-state index in [1.165, 1.54) is 22.0 Å². The molecule has 0 saturated carbocycles. The second-order valence-corrected chi connectivity index (χ2v) is 5.47. The van der Waals surface area contributed by atoms with Crippen molar-refractivity contribution in [1.82, 2.24) is 0 Å². The van der Waals surface area contributed by atoms with Crippen LogP contribution in [0.15, 0.2) is 46.6 Å². The third-order valence-electron chi connectivity index (χ3n) is 1.98. The van der Waals surface area contributed by atoms with E-state index in [1.807, 2.05) is 0 Å². The Labute approximate surface area is 90.3 Å². The van der Waals surface area contributed by atoms with Crippen LogP contribution in [-0.4, -0.2) is 0 Å². The highest BCUT2D eigenvalue weighted by atomic mass is 31.1. The van der Waals surface area contributed by atoms with E-state index in [0.717, 1.165) is 5.31 Å². The second-order valence-electron chi connectivity index (χ2n) is 3.98. The normalized spacial score (nSPS) is 10.1. The summed E-state index contributed by atoms with van der Waals surface area (Å²) < 4.78 is 0. The summed E-state index contributed by atoms with van der Waals surface area (Å²) in [7, 11) is 0.623. The quantitative estimate of drug-likeness (QED) is 0.449. The number of rotatable bonds is 4. The van der Waals surface area contributed by atoms with Crippen molar-refractivity contribution >= 4 is 8.58 Å².